The summed E-state index contributed by atoms with van der Waals surface area (Å²) in [5, 5.41) is 8.92. The maximum Gasteiger partial charge on any atom is 0.0683 e. The van der Waals surface area contributed by atoms with Gasteiger partial charge in [-0.05, 0) is 58.5 Å². The molecule has 0 bridgehead atoms. The van der Waals surface area contributed by atoms with Gasteiger partial charge in [0.25, 0.3) is 0 Å². The SMILES string of the molecule is CC1CCCN(CCCCC(C)(C)C#N)C1. The van der Waals surface area contributed by atoms with Gasteiger partial charge < -0.3 is 4.90 Å². The highest BCUT2D eigenvalue weighted by Crippen LogP contribution is 2.22. The van der Waals surface area contributed by atoms with Gasteiger partial charge in [-0.1, -0.05) is 13.3 Å². The van der Waals surface area contributed by atoms with E-state index in [4.69, 9.17) is 5.26 Å². The summed E-state index contributed by atoms with van der Waals surface area (Å²) < 4.78 is 0. The molecule has 1 atom stereocenters. The summed E-state index contributed by atoms with van der Waals surface area (Å²) in [6, 6.07) is 2.37. The maximum atomic E-state index is 8.92. The van der Waals surface area contributed by atoms with Crippen LogP contribution in [0.25, 0.3) is 0 Å². The largest absolute Gasteiger partial charge is 0.303 e. The molecule has 1 unspecified atom stereocenters. The monoisotopic (exact) mass is 222 g/mol. The molecule has 0 N–H and O–H groups in total. The average Bonchev–Trinajstić information content (AvgIpc) is 2.25. The Morgan fingerprint density at radius 2 is 2.12 bits per heavy atom. The smallest absolute Gasteiger partial charge is 0.0683 e. The Morgan fingerprint density at radius 3 is 2.75 bits per heavy atom. The minimum Gasteiger partial charge on any atom is -0.303 e. The lowest BCUT2D eigenvalue weighted by molar-refractivity contribution is 0.179. The highest BCUT2D eigenvalue weighted by atomic mass is 15.1. The average molecular weight is 222 g/mol. The van der Waals surface area contributed by atoms with Crippen LogP contribution in [0.2, 0.25) is 0 Å². The van der Waals surface area contributed by atoms with Crippen molar-refractivity contribution in [3.8, 4) is 6.07 Å². The molecule has 0 aliphatic carbocycles. The number of rotatable bonds is 5. The molecule has 0 aromatic carbocycles. The minimum atomic E-state index is -0.130. The molecule has 1 aliphatic heterocycles. The van der Waals surface area contributed by atoms with Gasteiger partial charge in [0.2, 0.25) is 0 Å². The number of unbranched alkanes of at least 4 members (excludes halogenated alkanes) is 1. The number of nitrogens with zero attached hydrogens (tertiary/aromatic N) is 2. The number of likely N-dealkylation sites (tertiary alicyclic amines) is 1. The first kappa shape index (κ1) is 13.5. The second-order valence-electron chi connectivity index (χ2n) is 6.00. The summed E-state index contributed by atoms with van der Waals surface area (Å²) in [4.78, 5) is 2.59. The highest BCUT2D eigenvalue weighted by Gasteiger charge is 2.17. The molecular weight excluding hydrogens is 196 g/mol. The van der Waals surface area contributed by atoms with Crippen molar-refractivity contribution < 1.29 is 0 Å². The molecule has 1 aliphatic rings. The zero-order valence-corrected chi connectivity index (χ0v) is 11.1. The lowest BCUT2D eigenvalue weighted by Crippen LogP contribution is -2.35. The molecule has 92 valence electrons. The van der Waals surface area contributed by atoms with Crippen LogP contribution in [0.4, 0.5) is 0 Å². The fourth-order valence-electron chi connectivity index (χ4n) is 2.45. The molecule has 0 spiro atoms. The number of nitriles is 1. The Bertz CT molecular complexity index is 240. The van der Waals surface area contributed by atoms with E-state index in [1.165, 1.54) is 45.3 Å². The molecular formula is C14H26N2. The summed E-state index contributed by atoms with van der Waals surface area (Å²) in [5.74, 6) is 0.879. The van der Waals surface area contributed by atoms with Crippen molar-refractivity contribution in [1.29, 1.82) is 5.26 Å². The van der Waals surface area contributed by atoms with Crippen molar-refractivity contribution in [2.45, 2.75) is 52.9 Å². The normalized spacial score (nSPS) is 23.0. The Labute approximate surface area is 101 Å². The Hall–Kier alpha value is -0.550. The van der Waals surface area contributed by atoms with Gasteiger partial charge in [-0.25, -0.2) is 0 Å². The van der Waals surface area contributed by atoms with Crippen molar-refractivity contribution in [2.75, 3.05) is 19.6 Å². The van der Waals surface area contributed by atoms with E-state index in [0.29, 0.717) is 0 Å². The first-order chi connectivity index (χ1) is 7.53. The predicted octanol–water partition coefficient (Wildman–Crippen LogP) is 3.44. The zero-order valence-electron chi connectivity index (χ0n) is 11.1. The van der Waals surface area contributed by atoms with Crippen molar-refractivity contribution in [1.82, 2.24) is 4.90 Å². The van der Waals surface area contributed by atoms with E-state index in [9.17, 15) is 0 Å². The molecule has 0 radical (unpaired) electrons. The standard InChI is InChI=1S/C14H26N2/c1-13-7-6-10-16(11-13)9-5-4-8-14(2,3)12-15/h13H,4-11H2,1-3H3. The van der Waals surface area contributed by atoms with Gasteiger partial charge in [0, 0.05) is 6.54 Å². The van der Waals surface area contributed by atoms with Gasteiger partial charge in [-0.2, -0.15) is 5.26 Å². The van der Waals surface area contributed by atoms with E-state index in [0.717, 1.165) is 12.3 Å². The molecule has 0 saturated carbocycles. The van der Waals surface area contributed by atoms with E-state index in [-0.39, 0.29) is 5.41 Å². The Kier molecular flexibility index (Phi) is 5.28. The van der Waals surface area contributed by atoms with Gasteiger partial charge in [0.05, 0.1) is 11.5 Å². The third kappa shape index (κ3) is 4.99. The topological polar surface area (TPSA) is 27.0 Å². The van der Waals surface area contributed by atoms with Crippen LogP contribution in [0, 0.1) is 22.7 Å². The van der Waals surface area contributed by atoms with Crippen LogP contribution in [0.5, 0.6) is 0 Å². The van der Waals surface area contributed by atoms with E-state index in [1.54, 1.807) is 0 Å². The van der Waals surface area contributed by atoms with Gasteiger partial charge in [-0.15, -0.1) is 0 Å². The summed E-state index contributed by atoms with van der Waals surface area (Å²) in [6.07, 6.45) is 6.24. The molecule has 2 heteroatoms. The second-order valence-corrected chi connectivity index (χ2v) is 6.00. The summed E-state index contributed by atoms with van der Waals surface area (Å²) in [5.41, 5.74) is -0.130. The molecule has 2 nitrogen and oxygen atoms in total. The Balaban J connectivity index is 2.09. The first-order valence-electron chi connectivity index (χ1n) is 6.67. The van der Waals surface area contributed by atoms with Gasteiger partial charge in [0.1, 0.15) is 0 Å². The van der Waals surface area contributed by atoms with E-state index in [1.807, 2.05) is 13.8 Å². The number of hydrogen-bond acceptors (Lipinski definition) is 2. The fourth-order valence-corrected chi connectivity index (χ4v) is 2.45. The summed E-state index contributed by atoms with van der Waals surface area (Å²) in [6.45, 7) is 10.2. The van der Waals surface area contributed by atoms with Gasteiger partial charge >= 0.3 is 0 Å². The van der Waals surface area contributed by atoms with Crippen LogP contribution < -0.4 is 0 Å². The van der Waals surface area contributed by atoms with Gasteiger partial charge in [-0.3, -0.25) is 0 Å². The second kappa shape index (κ2) is 6.25. The number of hydrogen-bond donors (Lipinski definition) is 0. The number of piperidine rings is 1. The van der Waals surface area contributed by atoms with Crippen LogP contribution in [0.15, 0.2) is 0 Å². The van der Waals surface area contributed by atoms with Crippen LogP contribution in [0.1, 0.15) is 52.9 Å². The highest BCUT2D eigenvalue weighted by molar-refractivity contribution is 4.91. The van der Waals surface area contributed by atoms with E-state index in [2.05, 4.69) is 17.9 Å². The van der Waals surface area contributed by atoms with Crippen molar-refractivity contribution in [3.63, 3.8) is 0 Å². The predicted molar refractivity (Wildman–Crippen MR) is 68.1 cm³/mol. The third-order valence-electron chi connectivity index (χ3n) is 3.57. The van der Waals surface area contributed by atoms with Crippen molar-refractivity contribution >= 4 is 0 Å². The van der Waals surface area contributed by atoms with Crippen molar-refractivity contribution in [2.24, 2.45) is 11.3 Å². The molecule has 1 heterocycles. The zero-order chi connectivity index (χ0) is 12.0. The van der Waals surface area contributed by atoms with E-state index >= 15 is 0 Å². The van der Waals surface area contributed by atoms with Gasteiger partial charge in [0.15, 0.2) is 0 Å². The van der Waals surface area contributed by atoms with Crippen molar-refractivity contribution in [3.05, 3.63) is 0 Å². The quantitative estimate of drug-likeness (QED) is 0.666. The lowest BCUT2D eigenvalue weighted by Gasteiger charge is -2.30. The fraction of sp³-hybridized carbons (Fsp3) is 0.929. The van der Waals surface area contributed by atoms with Crippen LogP contribution >= 0.6 is 0 Å². The third-order valence-corrected chi connectivity index (χ3v) is 3.57. The lowest BCUT2D eigenvalue weighted by atomic mass is 9.89. The van der Waals surface area contributed by atoms with Crippen LogP contribution in [0.3, 0.4) is 0 Å². The first-order valence-corrected chi connectivity index (χ1v) is 6.67. The summed E-state index contributed by atoms with van der Waals surface area (Å²) in [7, 11) is 0. The molecule has 16 heavy (non-hydrogen) atoms. The molecule has 1 rings (SSSR count). The molecule has 0 aromatic heterocycles. The molecule has 1 fully saturated rings. The molecule has 0 aromatic rings. The molecule has 1 saturated heterocycles. The minimum absolute atomic E-state index is 0.130. The maximum absolute atomic E-state index is 8.92. The summed E-state index contributed by atoms with van der Waals surface area (Å²) >= 11 is 0. The Morgan fingerprint density at radius 1 is 1.38 bits per heavy atom. The molecule has 0 amide bonds. The van der Waals surface area contributed by atoms with Crippen LogP contribution in [-0.4, -0.2) is 24.5 Å². The van der Waals surface area contributed by atoms with E-state index < -0.39 is 0 Å². The van der Waals surface area contributed by atoms with Crippen LogP contribution in [-0.2, 0) is 0 Å².